The summed E-state index contributed by atoms with van der Waals surface area (Å²) in [5.74, 6) is 4.16. The van der Waals surface area contributed by atoms with Crippen molar-refractivity contribution in [3.8, 4) is 0 Å². The van der Waals surface area contributed by atoms with Crippen molar-refractivity contribution in [2.75, 3.05) is 0 Å². The van der Waals surface area contributed by atoms with E-state index in [9.17, 15) is 13.2 Å². The van der Waals surface area contributed by atoms with Crippen molar-refractivity contribution in [2.45, 2.75) is 105 Å². The molecule has 9 atom stereocenters. The Bertz CT molecular complexity index is 569. The molecule has 0 aromatic heterocycles. The minimum absolute atomic E-state index is 0.148. The van der Waals surface area contributed by atoms with E-state index in [0.29, 0.717) is 11.3 Å². The smallest absolute Gasteiger partial charge is 0.171 e. The molecule has 162 valence electrons. The molecule has 4 saturated carbocycles. The number of alkyl halides is 3. The summed E-state index contributed by atoms with van der Waals surface area (Å²) in [5.41, 5.74) is 0.654. The quantitative estimate of drug-likeness (QED) is 0.449. The predicted octanol–water partition coefficient (Wildman–Crippen LogP) is 8.26. The first-order chi connectivity index (χ1) is 13.1. The molecule has 28 heavy (non-hydrogen) atoms. The second-order valence-electron chi connectivity index (χ2n) is 11.7. The maximum atomic E-state index is 13.1. The SMILES string of the molecule is CC[C@H]1CC[C@]2(C)C3CC[C@@]4(C)C(CCC4[C@H](C)CC(F)(F)F)[C@@H]3CC[C@@H]2C1. The van der Waals surface area contributed by atoms with Gasteiger partial charge in [-0.3, -0.25) is 0 Å². The Morgan fingerprint density at radius 3 is 2.25 bits per heavy atom. The first kappa shape index (κ1) is 21.0. The van der Waals surface area contributed by atoms with Gasteiger partial charge in [0.05, 0.1) is 0 Å². The summed E-state index contributed by atoms with van der Waals surface area (Å²) in [5, 5.41) is 0. The number of rotatable bonds is 3. The molecule has 0 aliphatic heterocycles. The fraction of sp³-hybridized carbons (Fsp3) is 1.00. The van der Waals surface area contributed by atoms with Crippen LogP contribution in [-0.2, 0) is 0 Å². The predicted molar refractivity (Wildman–Crippen MR) is 109 cm³/mol. The van der Waals surface area contributed by atoms with Crippen LogP contribution in [0, 0.1) is 52.3 Å². The van der Waals surface area contributed by atoms with Crippen molar-refractivity contribution in [2.24, 2.45) is 52.3 Å². The van der Waals surface area contributed by atoms with E-state index in [1.54, 1.807) is 0 Å². The van der Waals surface area contributed by atoms with Crippen LogP contribution < -0.4 is 0 Å². The lowest BCUT2D eigenvalue weighted by Crippen LogP contribution is -2.53. The Hall–Kier alpha value is -0.210. The molecular weight excluding hydrogens is 357 g/mol. The Balaban J connectivity index is 1.52. The third-order valence-electron chi connectivity index (χ3n) is 10.7. The lowest BCUT2D eigenvalue weighted by Gasteiger charge is -2.61. The Kier molecular flexibility index (Phi) is 5.40. The molecule has 0 radical (unpaired) electrons. The molecule has 4 rings (SSSR count). The highest BCUT2D eigenvalue weighted by Crippen LogP contribution is 2.68. The summed E-state index contributed by atoms with van der Waals surface area (Å²) in [6.07, 6.45) is 8.34. The zero-order chi connectivity index (χ0) is 20.3. The minimum atomic E-state index is -4.02. The van der Waals surface area contributed by atoms with Gasteiger partial charge in [-0.15, -0.1) is 0 Å². The number of hydrogen-bond donors (Lipinski definition) is 0. The fourth-order valence-corrected chi connectivity index (χ4v) is 9.20. The van der Waals surface area contributed by atoms with Crippen molar-refractivity contribution in [1.29, 1.82) is 0 Å². The normalized spacial score (nSPS) is 49.8. The van der Waals surface area contributed by atoms with Gasteiger partial charge in [0, 0.05) is 6.42 Å². The van der Waals surface area contributed by atoms with Crippen molar-refractivity contribution in [1.82, 2.24) is 0 Å². The summed E-state index contributed by atoms with van der Waals surface area (Å²) in [7, 11) is 0. The van der Waals surface area contributed by atoms with E-state index < -0.39 is 12.6 Å². The maximum Gasteiger partial charge on any atom is 0.389 e. The van der Waals surface area contributed by atoms with E-state index in [4.69, 9.17) is 0 Å². The third kappa shape index (κ3) is 3.35. The van der Waals surface area contributed by atoms with Gasteiger partial charge < -0.3 is 0 Å². The highest BCUT2D eigenvalue weighted by molar-refractivity contribution is 5.09. The van der Waals surface area contributed by atoms with E-state index >= 15 is 0 Å². The molecule has 0 amide bonds. The second-order valence-corrected chi connectivity index (χ2v) is 11.7. The zero-order valence-electron chi connectivity index (χ0n) is 18.5. The van der Waals surface area contributed by atoms with Crippen molar-refractivity contribution < 1.29 is 13.2 Å². The third-order valence-corrected chi connectivity index (χ3v) is 10.7. The molecular formula is C25H41F3. The topological polar surface area (TPSA) is 0 Å². The highest BCUT2D eigenvalue weighted by atomic mass is 19.4. The second kappa shape index (κ2) is 7.19. The fourth-order valence-electron chi connectivity index (χ4n) is 9.20. The summed E-state index contributed by atoms with van der Waals surface area (Å²) >= 11 is 0. The van der Waals surface area contributed by atoms with Gasteiger partial charge >= 0.3 is 6.18 Å². The summed E-state index contributed by atoms with van der Waals surface area (Å²) in [4.78, 5) is 0. The molecule has 4 aliphatic carbocycles. The van der Waals surface area contributed by atoms with Crippen LogP contribution >= 0.6 is 0 Å². The highest BCUT2D eigenvalue weighted by Gasteiger charge is 2.60. The van der Waals surface area contributed by atoms with Gasteiger partial charge in [-0.1, -0.05) is 34.1 Å². The maximum absolute atomic E-state index is 13.1. The largest absolute Gasteiger partial charge is 0.389 e. The molecule has 0 aromatic rings. The van der Waals surface area contributed by atoms with Crippen LogP contribution in [0.15, 0.2) is 0 Å². The Morgan fingerprint density at radius 2 is 1.57 bits per heavy atom. The van der Waals surface area contributed by atoms with E-state index in [1.165, 1.54) is 57.8 Å². The van der Waals surface area contributed by atoms with Gasteiger partial charge in [-0.2, -0.15) is 13.2 Å². The molecule has 0 bridgehead atoms. The molecule has 0 heterocycles. The van der Waals surface area contributed by atoms with Crippen LogP contribution in [0.3, 0.4) is 0 Å². The van der Waals surface area contributed by atoms with Crippen LogP contribution in [-0.4, -0.2) is 6.18 Å². The standard InChI is InChI=1S/C25H41F3/c1-5-17-10-12-23(3)18(14-17)6-7-19-21-9-8-20(16(2)15-25(26,27)28)24(21,4)13-11-22(19)23/h16-22H,5-15H2,1-4H3/t16-,17+,18-,19+,20?,21?,22?,23+,24-/m1/s1. The van der Waals surface area contributed by atoms with Gasteiger partial charge in [-0.05, 0) is 110 Å². The number of fused-ring (bicyclic) bond motifs is 5. The molecule has 4 fully saturated rings. The molecule has 4 aliphatic rings. The summed E-state index contributed by atoms with van der Waals surface area (Å²) in [6, 6.07) is 0. The molecule has 0 aromatic carbocycles. The Labute approximate surface area is 170 Å². The molecule has 0 N–H and O–H groups in total. The average Bonchev–Trinajstić information content (AvgIpc) is 2.97. The first-order valence-electron chi connectivity index (χ1n) is 12.1. The summed E-state index contributed by atoms with van der Waals surface area (Å²) < 4.78 is 39.2. The lowest BCUT2D eigenvalue weighted by atomic mass is 9.44. The van der Waals surface area contributed by atoms with Crippen LogP contribution in [0.5, 0.6) is 0 Å². The van der Waals surface area contributed by atoms with Crippen LogP contribution in [0.25, 0.3) is 0 Å². The molecule has 0 nitrogen and oxygen atoms in total. The van der Waals surface area contributed by atoms with Crippen molar-refractivity contribution >= 4 is 0 Å². The molecule has 3 unspecified atom stereocenters. The van der Waals surface area contributed by atoms with Crippen LogP contribution in [0.1, 0.15) is 98.3 Å². The van der Waals surface area contributed by atoms with Gasteiger partial charge in [0.25, 0.3) is 0 Å². The van der Waals surface area contributed by atoms with Crippen molar-refractivity contribution in [3.63, 3.8) is 0 Å². The van der Waals surface area contributed by atoms with Crippen LogP contribution in [0.2, 0.25) is 0 Å². The van der Waals surface area contributed by atoms with Crippen molar-refractivity contribution in [3.05, 3.63) is 0 Å². The molecule has 0 spiro atoms. The van der Waals surface area contributed by atoms with E-state index in [1.807, 2.05) is 6.92 Å². The molecule has 3 heteroatoms. The molecule has 0 saturated heterocycles. The number of hydrogen-bond acceptors (Lipinski definition) is 0. The Morgan fingerprint density at radius 1 is 0.893 bits per heavy atom. The van der Waals surface area contributed by atoms with Gasteiger partial charge in [0.15, 0.2) is 0 Å². The van der Waals surface area contributed by atoms with Gasteiger partial charge in [-0.25, -0.2) is 0 Å². The van der Waals surface area contributed by atoms with E-state index in [-0.39, 0.29) is 17.3 Å². The summed E-state index contributed by atoms with van der Waals surface area (Å²) in [6.45, 7) is 9.20. The zero-order valence-corrected chi connectivity index (χ0v) is 18.5. The first-order valence-corrected chi connectivity index (χ1v) is 12.1. The van der Waals surface area contributed by atoms with Gasteiger partial charge in [0.2, 0.25) is 0 Å². The van der Waals surface area contributed by atoms with Crippen LogP contribution in [0.4, 0.5) is 13.2 Å². The van der Waals surface area contributed by atoms with E-state index in [2.05, 4.69) is 20.8 Å². The monoisotopic (exact) mass is 398 g/mol. The van der Waals surface area contributed by atoms with Gasteiger partial charge in [0.1, 0.15) is 0 Å². The lowest BCUT2D eigenvalue weighted by molar-refractivity contribution is -0.156. The number of halogens is 3. The average molecular weight is 399 g/mol. The minimum Gasteiger partial charge on any atom is -0.171 e. The van der Waals surface area contributed by atoms with E-state index in [0.717, 1.165) is 30.1 Å².